The number of hydrogen-bond acceptors (Lipinski definition) is 1. The number of aromatic nitrogens is 2. The van der Waals surface area contributed by atoms with Crippen LogP contribution in [0.15, 0.2) is 146 Å². The summed E-state index contributed by atoms with van der Waals surface area (Å²) in [5.74, 6) is 0. The van der Waals surface area contributed by atoms with E-state index in [-0.39, 0.29) is 0 Å². The van der Waals surface area contributed by atoms with Crippen LogP contribution in [0.25, 0.3) is 71.3 Å². The third-order valence-corrected chi connectivity index (χ3v) is 8.39. The molecule has 0 atom stereocenters. The van der Waals surface area contributed by atoms with Crippen LogP contribution in [0, 0.1) is 17.9 Å². The van der Waals surface area contributed by atoms with Crippen LogP contribution in [0.5, 0.6) is 0 Å². The van der Waals surface area contributed by atoms with Crippen molar-refractivity contribution in [3.63, 3.8) is 0 Å². The van der Waals surface area contributed by atoms with Crippen molar-refractivity contribution < 1.29 is 0 Å². The summed E-state index contributed by atoms with van der Waals surface area (Å²) in [6, 6.07) is 52.1. The van der Waals surface area contributed by atoms with Crippen molar-refractivity contribution in [3.8, 4) is 39.7 Å². The van der Waals surface area contributed by atoms with Crippen molar-refractivity contribution in [1.82, 2.24) is 9.13 Å². The number of nitrogens with zero attached hydrogens (tertiary/aromatic N) is 4. The Morgan fingerprint density at radius 2 is 0.932 bits per heavy atom. The van der Waals surface area contributed by atoms with Gasteiger partial charge in [-0.1, -0.05) is 109 Å². The van der Waals surface area contributed by atoms with Crippen LogP contribution in [-0.4, -0.2) is 9.13 Å². The van der Waals surface area contributed by atoms with E-state index in [1.165, 1.54) is 0 Å². The molecular weight excluding hydrogens is 536 g/mol. The molecule has 0 saturated heterocycles. The Balaban J connectivity index is 1.49. The predicted octanol–water partition coefficient (Wildman–Crippen LogP) is 10.5. The second kappa shape index (κ2) is 10.2. The zero-order chi connectivity index (χ0) is 29.6. The molecule has 0 bridgehead atoms. The fourth-order valence-corrected chi connectivity index (χ4v) is 6.45. The maximum absolute atomic E-state index is 9.39. The lowest BCUT2D eigenvalue weighted by molar-refractivity contribution is 1.18. The standard InChI is InChI=1S/C40H24N4/c1-42-30-24-22-29(23-25-30)32-11-3-7-15-36(32)44-38-17-9-5-13-34(38)39-40(44)33-12-4-8-16-37(33)43(39)35-14-6-2-10-31(35)28-20-18-27(26-41)19-21-28/h2-25H. The van der Waals surface area contributed by atoms with Crippen LogP contribution in [0.2, 0.25) is 0 Å². The molecule has 4 heteroatoms. The van der Waals surface area contributed by atoms with Gasteiger partial charge in [-0.05, 0) is 47.5 Å². The first-order valence-electron chi connectivity index (χ1n) is 14.5. The van der Waals surface area contributed by atoms with Crippen LogP contribution >= 0.6 is 0 Å². The minimum absolute atomic E-state index is 0.629. The molecule has 0 radical (unpaired) electrons. The second-order valence-corrected chi connectivity index (χ2v) is 10.8. The summed E-state index contributed by atoms with van der Waals surface area (Å²) in [7, 11) is 0. The number of fused-ring (bicyclic) bond motifs is 5. The molecule has 0 aliphatic rings. The molecule has 2 aromatic heterocycles. The molecule has 0 fully saturated rings. The van der Waals surface area contributed by atoms with Crippen LogP contribution in [-0.2, 0) is 0 Å². The van der Waals surface area contributed by atoms with Gasteiger partial charge in [0, 0.05) is 21.9 Å². The summed E-state index contributed by atoms with van der Waals surface area (Å²) in [6.07, 6.45) is 0. The van der Waals surface area contributed by atoms with E-state index >= 15 is 0 Å². The molecule has 0 amide bonds. The van der Waals surface area contributed by atoms with Gasteiger partial charge in [-0.15, -0.1) is 0 Å². The first-order chi connectivity index (χ1) is 21.8. The quantitative estimate of drug-likeness (QED) is 0.197. The summed E-state index contributed by atoms with van der Waals surface area (Å²) in [5.41, 5.74) is 12.3. The zero-order valence-corrected chi connectivity index (χ0v) is 23.6. The lowest BCUT2D eigenvalue weighted by Crippen LogP contribution is -1.97. The fraction of sp³-hybridized carbons (Fsp3) is 0. The second-order valence-electron chi connectivity index (χ2n) is 10.8. The van der Waals surface area contributed by atoms with Gasteiger partial charge in [0.1, 0.15) is 0 Å². The van der Waals surface area contributed by atoms with Crippen molar-refractivity contribution in [3.05, 3.63) is 163 Å². The van der Waals surface area contributed by atoms with Crippen molar-refractivity contribution in [2.24, 2.45) is 0 Å². The number of benzene rings is 6. The molecule has 0 N–H and O–H groups in total. The first kappa shape index (κ1) is 25.4. The molecule has 8 rings (SSSR count). The average Bonchev–Trinajstić information content (AvgIpc) is 3.61. The van der Waals surface area contributed by atoms with Gasteiger partial charge in [0.25, 0.3) is 0 Å². The highest BCUT2D eigenvalue weighted by Crippen LogP contribution is 2.43. The Morgan fingerprint density at radius 1 is 0.500 bits per heavy atom. The topological polar surface area (TPSA) is 38.0 Å². The van der Waals surface area contributed by atoms with Crippen LogP contribution < -0.4 is 0 Å². The molecule has 2 heterocycles. The maximum Gasteiger partial charge on any atom is 0.187 e. The van der Waals surface area contributed by atoms with Crippen molar-refractivity contribution in [2.75, 3.05) is 0 Å². The van der Waals surface area contributed by atoms with Gasteiger partial charge in [-0.2, -0.15) is 5.26 Å². The molecule has 0 aliphatic carbocycles. The number of nitriles is 1. The Kier molecular flexibility index (Phi) is 5.86. The molecule has 0 unspecified atom stereocenters. The fourth-order valence-electron chi connectivity index (χ4n) is 6.45. The highest BCUT2D eigenvalue weighted by molar-refractivity contribution is 6.20. The minimum atomic E-state index is 0.629. The maximum atomic E-state index is 9.39. The van der Waals surface area contributed by atoms with Gasteiger partial charge in [0.15, 0.2) is 5.69 Å². The summed E-state index contributed by atoms with van der Waals surface area (Å²) in [4.78, 5) is 3.59. The van der Waals surface area contributed by atoms with Gasteiger partial charge in [0.2, 0.25) is 0 Å². The Bertz CT molecular complexity index is 2270. The highest BCUT2D eigenvalue weighted by Gasteiger charge is 2.24. The predicted molar refractivity (Wildman–Crippen MR) is 179 cm³/mol. The van der Waals surface area contributed by atoms with Gasteiger partial charge in [0.05, 0.1) is 51.6 Å². The largest absolute Gasteiger partial charge is 0.306 e. The summed E-state index contributed by atoms with van der Waals surface area (Å²) < 4.78 is 4.79. The van der Waals surface area contributed by atoms with E-state index in [0.717, 1.165) is 66.5 Å². The van der Waals surface area contributed by atoms with Gasteiger partial charge < -0.3 is 9.13 Å². The van der Waals surface area contributed by atoms with Crippen molar-refractivity contribution in [2.45, 2.75) is 0 Å². The summed E-state index contributed by atoms with van der Waals surface area (Å²) in [6.45, 7) is 7.40. The molecule has 0 saturated carbocycles. The lowest BCUT2D eigenvalue weighted by atomic mass is 10.0. The van der Waals surface area contributed by atoms with E-state index < -0.39 is 0 Å². The monoisotopic (exact) mass is 560 g/mol. The van der Waals surface area contributed by atoms with Gasteiger partial charge in [-0.25, -0.2) is 4.85 Å². The third-order valence-electron chi connectivity index (χ3n) is 8.39. The van der Waals surface area contributed by atoms with Crippen LogP contribution in [0.3, 0.4) is 0 Å². The van der Waals surface area contributed by atoms with Crippen molar-refractivity contribution >= 4 is 38.5 Å². The molecule has 4 nitrogen and oxygen atoms in total. The van der Waals surface area contributed by atoms with Crippen molar-refractivity contribution in [1.29, 1.82) is 5.26 Å². The number of para-hydroxylation sites is 4. The van der Waals surface area contributed by atoms with E-state index in [1.807, 2.05) is 48.5 Å². The van der Waals surface area contributed by atoms with Gasteiger partial charge in [-0.3, -0.25) is 0 Å². The Morgan fingerprint density at radius 3 is 1.41 bits per heavy atom. The van der Waals surface area contributed by atoms with Crippen LogP contribution in [0.1, 0.15) is 5.56 Å². The normalized spacial score (nSPS) is 11.1. The van der Waals surface area contributed by atoms with E-state index in [1.54, 1.807) is 0 Å². The van der Waals surface area contributed by atoms with Crippen LogP contribution in [0.4, 0.5) is 5.69 Å². The molecule has 8 aromatic rings. The number of rotatable bonds is 4. The molecule has 6 aromatic carbocycles. The zero-order valence-electron chi connectivity index (χ0n) is 23.6. The van der Waals surface area contributed by atoms with E-state index in [0.29, 0.717) is 11.3 Å². The third kappa shape index (κ3) is 3.83. The van der Waals surface area contributed by atoms with E-state index in [4.69, 9.17) is 6.57 Å². The SMILES string of the molecule is [C-]#[N+]c1ccc(-c2ccccc2-n2c3ccccc3c3c2c2ccccc2n3-c2ccccc2-c2ccc(C#N)cc2)cc1. The smallest absolute Gasteiger partial charge is 0.187 e. The minimum Gasteiger partial charge on any atom is -0.306 e. The first-order valence-corrected chi connectivity index (χ1v) is 14.5. The highest BCUT2D eigenvalue weighted by atomic mass is 15.1. The van der Waals surface area contributed by atoms with E-state index in [2.05, 4.69) is 117 Å². The number of hydrogen-bond donors (Lipinski definition) is 0. The summed E-state index contributed by atoms with van der Waals surface area (Å²) in [5, 5.41) is 11.7. The summed E-state index contributed by atoms with van der Waals surface area (Å²) >= 11 is 0. The van der Waals surface area contributed by atoms with Gasteiger partial charge >= 0.3 is 0 Å². The molecule has 0 spiro atoms. The molecule has 44 heavy (non-hydrogen) atoms. The molecule has 0 aliphatic heterocycles. The average molecular weight is 561 g/mol. The molecule has 204 valence electrons. The Hall–Kier alpha value is -6.36. The lowest BCUT2D eigenvalue weighted by Gasteiger charge is -2.14. The Labute approximate surface area is 254 Å². The molecular formula is C40H24N4. The van der Waals surface area contributed by atoms with E-state index in [9.17, 15) is 5.26 Å².